The molecule has 0 aliphatic carbocycles. The summed E-state index contributed by atoms with van der Waals surface area (Å²) in [5.41, 5.74) is 1.14. The molecule has 1 N–H and O–H groups in total. The lowest BCUT2D eigenvalue weighted by Crippen LogP contribution is -2.40. The Morgan fingerprint density at radius 3 is 2.48 bits per heavy atom. The van der Waals surface area contributed by atoms with E-state index in [1.54, 1.807) is 26.3 Å². The van der Waals surface area contributed by atoms with Crippen LogP contribution in [0, 0.1) is 0 Å². The zero-order valence-corrected chi connectivity index (χ0v) is 14.0. The van der Waals surface area contributed by atoms with E-state index < -0.39 is 5.97 Å². The minimum atomic E-state index is -1.04. The van der Waals surface area contributed by atoms with Crippen LogP contribution in [0.25, 0.3) is 10.6 Å². The van der Waals surface area contributed by atoms with Crippen LogP contribution < -0.4 is 4.74 Å². The summed E-state index contributed by atoms with van der Waals surface area (Å²) in [4.78, 5) is 29.0. The second-order valence-corrected chi connectivity index (χ2v) is 6.05. The maximum Gasteiger partial charge on any atom is 0.323 e. The molecule has 0 radical (unpaired) electrons. The minimum absolute atomic E-state index is 0.218. The van der Waals surface area contributed by atoms with E-state index in [1.165, 1.54) is 16.2 Å². The van der Waals surface area contributed by atoms with Crippen LogP contribution in [0.2, 0.25) is 0 Å². The molecule has 0 saturated carbocycles. The molecule has 6 nitrogen and oxygen atoms in total. The van der Waals surface area contributed by atoms with Crippen LogP contribution in [0.4, 0.5) is 0 Å². The molecule has 2 rings (SSSR count). The Hall–Kier alpha value is -2.41. The molecule has 0 aliphatic heterocycles. The molecule has 0 atom stereocenters. The van der Waals surface area contributed by atoms with Gasteiger partial charge in [-0.05, 0) is 38.1 Å². The first-order chi connectivity index (χ1) is 10.9. The number of nitrogens with zero attached hydrogens (tertiary/aromatic N) is 2. The second kappa shape index (κ2) is 7.23. The number of ether oxygens (including phenoxy) is 1. The number of carboxylic acids is 1. The Kier molecular flexibility index (Phi) is 5.33. The van der Waals surface area contributed by atoms with E-state index in [2.05, 4.69) is 4.98 Å². The van der Waals surface area contributed by atoms with E-state index in [4.69, 9.17) is 9.84 Å². The van der Waals surface area contributed by atoms with E-state index in [-0.39, 0.29) is 24.2 Å². The van der Waals surface area contributed by atoms with Crippen molar-refractivity contribution in [3.63, 3.8) is 0 Å². The molecule has 0 bridgehead atoms. The van der Waals surface area contributed by atoms with Gasteiger partial charge in [0.25, 0.3) is 5.91 Å². The number of carboxylic acid groups (broad SMARTS) is 1. The molecule has 2 aromatic rings. The van der Waals surface area contributed by atoms with Crippen LogP contribution in [0.1, 0.15) is 24.3 Å². The average Bonchev–Trinajstić information content (AvgIpc) is 3.01. The molecule has 1 aromatic carbocycles. The van der Waals surface area contributed by atoms with Crippen LogP contribution in [-0.4, -0.2) is 46.6 Å². The van der Waals surface area contributed by atoms with Crippen molar-refractivity contribution < 1.29 is 19.4 Å². The Morgan fingerprint density at radius 2 is 1.96 bits per heavy atom. The van der Waals surface area contributed by atoms with Crippen molar-refractivity contribution >= 4 is 23.2 Å². The van der Waals surface area contributed by atoms with Gasteiger partial charge in [-0.2, -0.15) is 0 Å². The van der Waals surface area contributed by atoms with E-state index in [1.807, 2.05) is 24.3 Å². The fourth-order valence-corrected chi connectivity index (χ4v) is 2.82. The topological polar surface area (TPSA) is 79.7 Å². The van der Waals surface area contributed by atoms with Crippen LogP contribution in [0.5, 0.6) is 5.75 Å². The largest absolute Gasteiger partial charge is 0.497 e. The summed E-state index contributed by atoms with van der Waals surface area (Å²) in [5, 5.41) is 11.3. The van der Waals surface area contributed by atoms with Crippen molar-refractivity contribution in [2.75, 3.05) is 13.7 Å². The van der Waals surface area contributed by atoms with Gasteiger partial charge in [0.15, 0.2) is 0 Å². The highest BCUT2D eigenvalue weighted by Gasteiger charge is 2.23. The van der Waals surface area contributed by atoms with Crippen molar-refractivity contribution in [2.24, 2.45) is 0 Å². The van der Waals surface area contributed by atoms with Gasteiger partial charge in [-0.15, -0.1) is 11.3 Å². The number of amides is 1. The molecule has 122 valence electrons. The Bertz CT molecular complexity index is 694. The van der Waals surface area contributed by atoms with Crippen LogP contribution >= 0.6 is 11.3 Å². The second-order valence-electron chi connectivity index (χ2n) is 5.19. The highest BCUT2D eigenvalue weighted by atomic mass is 32.1. The first kappa shape index (κ1) is 17.0. The number of carbonyl (C=O) groups excluding carboxylic acids is 1. The third-order valence-electron chi connectivity index (χ3n) is 3.25. The number of methoxy groups -OCH3 is 1. The fraction of sp³-hybridized carbons (Fsp3) is 0.312. The molecule has 1 amide bonds. The number of rotatable bonds is 6. The molecule has 0 saturated heterocycles. The van der Waals surface area contributed by atoms with Crippen molar-refractivity contribution in [2.45, 2.75) is 19.9 Å². The number of aliphatic carboxylic acids is 1. The summed E-state index contributed by atoms with van der Waals surface area (Å²) < 4.78 is 5.11. The molecule has 7 heteroatoms. The van der Waals surface area contributed by atoms with Gasteiger partial charge in [0.1, 0.15) is 23.0 Å². The van der Waals surface area contributed by atoms with Gasteiger partial charge >= 0.3 is 5.97 Å². The molecule has 0 unspecified atom stereocenters. The number of carbonyl (C=O) groups is 2. The zero-order chi connectivity index (χ0) is 17.0. The average molecular weight is 334 g/mol. The van der Waals surface area contributed by atoms with E-state index in [9.17, 15) is 9.59 Å². The maximum absolute atomic E-state index is 12.5. The van der Waals surface area contributed by atoms with Crippen LogP contribution in [-0.2, 0) is 4.79 Å². The summed E-state index contributed by atoms with van der Waals surface area (Å²) in [6.45, 7) is 3.21. The van der Waals surface area contributed by atoms with E-state index >= 15 is 0 Å². The van der Waals surface area contributed by atoms with Crippen molar-refractivity contribution in [3.05, 3.63) is 35.3 Å². The summed E-state index contributed by atoms with van der Waals surface area (Å²) >= 11 is 1.35. The smallest absolute Gasteiger partial charge is 0.323 e. The first-order valence-corrected chi connectivity index (χ1v) is 7.93. The molecule has 1 aromatic heterocycles. The molecule has 0 fully saturated rings. The molecule has 23 heavy (non-hydrogen) atoms. The summed E-state index contributed by atoms with van der Waals surface area (Å²) in [6, 6.07) is 7.16. The van der Waals surface area contributed by atoms with Crippen molar-refractivity contribution in [3.8, 4) is 16.3 Å². The quantitative estimate of drug-likeness (QED) is 0.878. The van der Waals surface area contributed by atoms with Gasteiger partial charge < -0.3 is 14.7 Å². The monoisotopic (exact) mass is 334 g/mol. The normalized spacial score (nSPS) is 10.6. The van der Waals surface area contributed by atoms with Crippen molar-refractivity contribution in [1.82, 2.24) is 9.88 Å². The molecule has 0 spiro atoms. The lowest BCUT2D eigenvalue weighted by Gasteiger charge is -2.23. The minimum Gasteiger partial charge on any atom is -0.497 e. The summed E-state index contributed by atoms with van der Waals surface area (Å²) in [6.07, 6.45) is 0. The van der Waals surface area contributed by atoms with Gasteiger partial charge in [-0.1, -0.05) is 0 Å². The maximum atomic E-state index is 12.5. The summed E-state index contributed by atoms with van der Waals surface area (Å²) in [5.74, 6) is -0.676. The Balaban J connectivity index is 2.22. The van der Waals surface area contributed by atoms with Gasteiger partial charge in [-0.25, -0.2) is 4.98 Å². The van der Waals surface area contributed by atoms with E-state index in [0.717, 1.165) is 11.3 Å². The highest BCUT2D eigenvalue weighted by Crippen LogP contribution is 2.26. The number of thiazole rings is 1. The number of hydrogen-bond donors (Lipinski definition) is 1. The molecule has 1 heterocycles. The predicted octanol–water partition coefficient (Wildman–Crippen LogP) is 2.75. The highest BCUT2D eigenvalue weighted by molar-refractivity contribution is 7.13. The molecular formula is C16H18N2O4S. The van der Waals surface area contributed by atoms with Gasteiger partial charge in [-0.3, -0.25) is 9.59 Å². The van der Waals surface area contributed by atoms with Gasteiger partial charge in [0.05, 0.1) is 7.11 Å². The SMILES string of the molecule is COc1ccc(-c2nc(C(=O)N(CC(=O)O)C(C)C)cs2)cc1. The zero-order valence-electron chi connectivity index (χ0n) is 13.1. The van der Waals surface area contributed by atoms with Crippen LogP contribution in [0.15, 0.2) is 29.6 Å². The number of hydrogen-bond acceptors (Lipinski definition) is 5. The van der Waals surface area contributed by atoms with Crippen molar-refractivity contribution in [1.29, 1.82) is 0 Å². The molecular weight excluding hydrogens is 316 g/mol. The van der Waals surface area contributed by atoms with Gasteiger partial charge in [0.2, 0.25) is 0 Å². The van der Waals surface area contributed by atoms with Crippen LogP contribution in [0.3, 0.4) is 0 Å². The third-order valence-corrected chi connectivity index (χ3v) is 4.14. The van der Waals surface area contributed by atoms with Gasteiger partial charge in [0, 0.05) is 17.0 Å². The Labute approximate surface area is 138 Å². The lowest BCUT2D eigenvalue weighted by molar-refractivity contribution is -0.138. The number of benzene rings is 1. The Morgan fingerprint density at radius 1 is 1.30 bits per heavy atom. The fourth-order valence-electron chi connectivity index (χ4n) is 2.02. The predicted molar refractivity (Wildman–Crippen MR) is 87.9 cm³/mol. The molecule has 0 aliphatic rings. The summed E-state index contributed by atoms with van der Waals surface area (Å²) in [7, 11) is 1.60. The number of aromatic nitrogens is 1. The lowest BCUT2D eigenvalue weighted by atomic mass is 10.2. The third kappa shape index (κ3) is 4.07. The van der Waals surface area contributed by atoms with E-state index in [0.29, 0.717) is 5.01 Å². The standard InChI is InChI=1S/C16H18N2O4S/c1-10(2)18(8-14(19)20)16(21)13-9-23-15(17-13)11-4-6-12(22-3)7-5-11/h4-7,9-10H,8H2,1-3H3,(H,19,20). The first-order valence-electron chi connectivity index (χ1n) is 7.05.